The standard InChI is InChI=1S/C25H31ClFN5/c1-17-11-19(12-18(2)23(17)27)15-32-22-14-21(26)13-20(16-30-7-3-4-8-30)24(22)29-25(32)31-9-5-28-6-10-31/h11-14,28H,3-10,15-16H2,1-2H3. The monoisotopic (exact) mass is 455 g/mol. The van der Waals surface area contributed by atoms with Gasteiger partial charge in [-0.1, -0.05) is 23.7 Å². The van der Waals surface area contributed by atoms with Gasteiger partial charge in [0.15, 0.2) is 0 Å². The fraction of sp³-hybridized carbons (Fsp3) is 0.480. The predicted molar refractivity (Wildman–Crippen MR) is 129 cm³/mol. The van der Waals surface area contributed by atoms with Crippen LogP contribution in [0.1, 0.15) is 35.1 Å². The molecule has 2 aromatic carbocycles. The molecule has 7 heteroatoms. The Morgan fingerprint density at radius 3 is 2.34 bits per heavy atom. The number of nitrogens with zero attached hydrogens (tertiary/aromatic N) is 4. The zero-order chi connectivity index (χ0) is 22.2. The zero-order valence-electron chi connectivity index (χ0n) is 18.9. The Labute approximate surface area is 194 Å². The van der Waals surface area contributed by atoms with E-state index in [0.717, 1.165) is 73.4 Å². The van der Waals surface area contributed by atoms with Crippen molar-refractivity contribution in [2.24, 2.45) is 0 Å². The fourth-order valence-electron chi connectivity index (χ4n) is 5.12. The second kappa shape index (κ2) is 9.00. The molecular weight excluding hydrogens is 425 g/mol. The summed E-state index contributed by atoms with van der Waals surface area (Å²) < 4.78 is 16.5. The Hall–Kier alpha value is -2.15. The molecule has 0 unspecified atom stereocenters. The van der Waals surface area contributed by atoms with Crippen LogP contribution in [0.25, 0.3) is 11.0 Å². The number of rotatable bonds is 5. The molecule has 3 aromatic rings. The van der Waals surface area contributed by atoms with Crippen molar-refractivity contribution in [2.75, 3.05) is 44.2 Å². The maximum Gasteiger partial charge on any atom is 0.206 e. The summed E-state index contributed by atoms with van der Waals surface area (Å²) in [5.41, 5.74) is 5.72. The van der Waals surface area contributed by atoms with E-state index in [1.165, 1.54) is 18.4 Å². The maximum atomic E-state index is 14.3. The second-order valence-electron chi connectivity index (χ2n) is 9.19. The van der Waals surface area contributed by atoms with Crippen molar-refractivity contribution in [3.05, 3.63) is 57.4 Å². The SMILES string of the molecule is Cc1cc(Cn2c(N3CCNCC3)nc3c(CN4CCCC4)cc(Cl)cc32)cc(C)c1F. The first-order valence-electron chi connectivity index (χ1n) is 11.6. The molecule has 1 N–H and O–H groups in total. The number of hydrogen-bond acceptors (Lipinski definition) is 4. The molecule has 2 saturated heterocycles. The molecule has 0 aliphatic carbocycles. The van der Waals surface area contributed by atoms with Crippen LogP contribution in [-0.4, -0.2) is 53.7 Å². The number of hydrogen-bond donors (Lipinski definition) is 1. The lowest BCUT2D eigenvalue weighted by molar-refractivity contribution is 0.332. The van der Waals surface area contributed by atoms with Gasteiger partial charge in [-0.15, -0.1) is 0 Å². The maximum absolute atomic E-state index is 14.3. The van der Waals surface area contributed by atoms with Gasteiger partial charge >= 0.3 is 0 Å². The van der Waals surface area contributed by atoms with E-state index in [9.17, 15) is 4.39 Å². The molecule has 3 heterocycles. The summed E-state index contributed by atoms with van der Waals surface area (Å²) in [6.45, 7) is 11.2. The van der Waals surface area contributed by atoms with Crippen LogP contribution >= 0.6 is 11.6 Å². The highest BCUT2D eigenvalue weighted by Crippen LogP contribution is 2.31. The molecule has 1 aromatic heterocycles. The van der Waals surface area contributed by atoms with E-state index in [1.54, 1.807) is 0 Å². The van der Waals surface area contributed by atoms with E-state index in [2.05, 4.69) is 25.8 Å². The zero-order valence-corrected chi connectivity index (χ0v) is 19.7. The van der Waals surface area contributed by atoms with Gasteiger partial charge in [0.05, 0.1) is 17.6 Å². The third-order valence-electron chi connectivity index (χ3n) is 6.71. The number of aromatic nitrogens is 2. The van der Waals surface area contributed by atoms with Crippen molar-refractivity contribution < 1.29 is 4.39 Å². The Balaban J connectivity index is 1.62. The van der Waals surface area contributed by atoms with Crippen molar-refractivity contribution in [1.82, 2.24) is 19.8 Å². The summed E-state index contributed by atoms with van der Waals surface area (Å²) in [6, 6.07) is 8.01. The van der Waals surface area contributed by atoms with E-state index >= 15 is 0 Å². The number of nitrogens with one attached hydrogen (secondary N) is 1. The third-order valence-corrected chi connectivity index (χ3v) is 6.93. The Morgan fingerprint density at radius 2 is 1.66 bits per heavy atom. The van der Waals surface area contributed by atoms with Gasteiger partial charge in [-0.25, -0.2) is 9.37 Å². The van der Waals surface area contributed by atoms with Crippen LogP contribution in [0, 0.1) is 19.7 Å². The van der Waals surface area contributed by atoms with E-state index in [1.807, 2.05) is 32.0 Å². The quantitative estimate of drug-likeness (QED) is 0.614. The molecule has 0 radical (unpaired) electrons. The topological polar surface area (TPSA) is 36.3 Å². The van der Waals surface area contributed by atoms with E-state index in [4.69, 9.17) is 16.6 Å². The molecule has 2 fully saturated rings. The van der Waals surface area contributed by atoms with Crippen LogP contribution in [0.15, 0.2) is 24.3 Å². The van der Waals surface area contributed by atoms with Gasteiger partial charge in [-0.3, -0.25) is 4.90 Å². The average Bonchev–Trinajstić information content (AvgIpc) is 3.41. The molecular formula is C25H31ClFN5. The highest BCUT2D eigenvalue weighted by atomic mass is 35.5. The Morgan fingerprint density at radius 1 is 0.969 bits per heavy atom. The molecule has 0 saturated carbocycles. The van der Waals surface area contributed by atoms with E-state index in [-0.39, 0.29) is 5.82 Å². The smallest absolute Gasteiger partial charge is 0.206 e. The van der Waals surface area contributed by atoms with Gasteiger partial charge in [-0.2, -0.15) is 0 Å². The summed E-state index contributed by atoms with van der Waals surface area (Å²) in [6.07, 6.45) is 2.51. The molecule has 0 bridgehead atoms. The molecule has 2 aliphatic heterocycles. The van der Waals surface area contributed by atoms with Crippen LogP contribution in [0.4, 0.5) is 10.3 Å². The Kier molecular flexibility index (Phi) is 6.10. The number of aryl methyl sites for hydroxylation is 2. The number of halogens is 2. The Bertz CT molecular complexity index is 1110. The highest BCUT2D eigenvalue weighted by Gasteiger charge is 2.23. The molecule has 0 atom stereocenters. The first kappa shape index (κ1) is 21.7. The minimum absolute atomic E-state index is 0.123. The van der Waals surface area contributed by atoms with Crippen molar-refractivity contribution >= 4 is 28.6 Å². The van der Waals surface area contributed by atoms with Crippen LogP contribution in [0.5, 0.6) is 0 Å². The van der Waals surface area contributed by atoms with Gasteiger partial charge in [0.2, 0.25) is 5.95 Å². The van der Waals surface area contributed by atoms with Crippen molar-refractivity contribution in [3.8, 4) is 0 Å². The summed E-state index contributed by atoms with van der Waals surface area (Å²) in [5, 5.41) is 4.17. The molecule has 5 nitrogen and oxygen atoms in total. The van der Waals surface area contributed by atoms with Crippen molar-refractivity contribution in [3.63, 3.8) is 0 Å². The van der Waals surface area contributed by atoms with Crippen LogP contribution < -0.4 is 10.2 Å². The molecule has 0 spiro atoms. The lowest BCUT2D eigenvalue weighted by Gasteiger charge is -2.29. The third kappa shape index (κ3) is 4.24. The lowest BCUT2D eigenvalue weighted by Crippen LogP contribution is -2.44. The molecule has 5 rings (SSSR count). The molecule has 32 heavy (non-hydrogen) atoms. The first-order chi connectivity index (χ1) is 15.5. The summed E-state index contributed by atoms with van der Waals surface area (Å²) in [7, 11) is 0. The molecule has 170 valence electrons. The van der Waals surface area contributed by atoms with Gasteiger partial charge in [0.25, 0.3) is 0 Å². The number of anilines is 1. The minimum atomic E-state index is -0.123. The van der Waals surface area contributed by atoms with E-state index in [0.29, 0.717) is 17.7 Å². The van der Waals surface area contributed by atoms with Gasteiger partial charge in [-0.05, 0) is 74.2 Å². The largest absolute Gasteiger partial charge is 0.340 e. The fourth-order valence-corrected chi connectivity index (χ4v) is 5.35. The van der Waals surface area contributed by atoms with Crippen molar-refractivity contribution in [2.45, 2.75) is 39.8 Å². The van der Waals surface area contributed by atoms with Crippen LogP contribution in [-0.2, 0) is 13.1 Å². The average molecular weight is 456 g/mol. The number of piperazine rings is 1. The van der Waals surface area contributed by atoms with Gasteiger partial charge in [0.1, 0.15) is 5.82 Å². The second-order valence-corrected chi connectivity index (χ2v) is 9.63. The molecule has 0 amide bonds. The summed E-state index contributed by atoms with van der Waals surface area (Å²) in [5.74, 6) is 0.855. The van der Waals surface area contributed by atoms with E-state index < -0.39 is 0 Å². The first-order valence-corrected chi connectivity index (χ1v) is 12.0. The van der Waals surface area contributed by atoms with Crippen LogP contribution in [0.2, 0.25) is 5.02 Å². The number of benzene rings is 2. The van der Waals surface area contributed by atoms with Crippen molar-refractivity contribution in [1.29, 1.82) is 0 Å². The minimum Gasteiger partial charge on any atom is -0.340 e. The molecule has 2 aliphatic rings. The predicted octanol–water partition coefficient (Wildman–Crippen LogP) is 4.50. The summed E-state index contributed by atoms with van der Waals surface area (Å²) >= 11 is 6.62. The lowest BCUT2D eigenvalue weighted by atomic mass is 10.1. The number of likely N-dealkylation sites (tertiary alicyclic amines) is 1. The van der Waals surface area contributed by atoms with Gasteiger partial charge < -0.3 is 14.8 Å². The number of imidazole rings is 1. The highest BCUT2D eigenvalue weighted by molar-refractivity contribution is 6.31. The summed E-state index contributed by atoms with van der Waals surface area (Å²) in [4.78, 5) is 10.0. The number of fused-ring (bicyclic) bond motifs is 1. The van der Waals surface area contributed by atoms with Crippen LogP contribution in [0.3, 0.4) is 0 Å². The van der Waals surface area contributed by atoms with Gasteiger partial charge in [0, 0.05) is 37.7 Å². The normalized spacial score (nSPS) is 17.6.